The molecule has 1 rings (SSSR count). The summed E-state index contributed by atoms with van der Waals surface area (Å²) >= 11 is 0. The van der Waals surface area contributed by atoms with Gasteiger partial charge in [0.1, 0.15) is 6.10 Å². The Bertz CT molecular complexity index is 409. The van der Waals surface area contributed by atoms with E-state index in [9.17, 15) is 0 Å². The van der Waals surface area contributed by atoms with Gasteiger partial charge in [0.05, 0.1) is 0 Å². The molecule has 0 saturated carbocycles. The van der Waals surface area contributed by atoms with E-state index in [1.807, 2.05) is 13.8 Å². The molecule has 21 heavy (non-hydrogen) atoms. The van der Waals surface area contributed by atoms with Crippen molar-refractivity contribution < 1.29 is 4.74 Å². The average Bonchev–Trinajstić information content (AvgIpc) is 2.40. The SMILES string of the molecule is CCOC(C)c1nc(C)c(CCCNCC(C)C)c(C)n1. The first-order valence-corrected chi connectivity index (χ1v) is 8.12. The van der Waals surface area contributed by atoms with Crippen LogP contribution in [-0.2, 0) is 11.2 Å². The third-order valence-electron chi connectivity index (χ3n) is 3.55. The summed E-state index contributed by atoms with van der Waals surface area (Å²) in [5.74, 6) is 1.50. The highest BCUT2D eigenvalue weighted by Crippen LogP contribution is 2.18. The smallest absolute Gasteiger partial charge is 0.157 e. The Morgan fingerprint density at radius 3 is 2.24 bits per heavy atom. The van der Waals surface area contributed by atoms with Gasteiger partial charge in [-0.05, 0) is 65.1 Å². The van der Waals surface area contributed by atoms with Crippen molar-refractivity contribution in [3.05, 3.63) is 22.8 Å². The molecule has 0 amide bonds. The Hall–Kier alpha value is -1.00. The molecule has 0 aromatic carbocycles. The molecule has 1 aromatic heterocycles. The Labute approximate surface area is 129 Å². The highest BCUT2D eigenvalue weighted by molar-refractivity contribution is 5.24. The first-order chi connectivity index (χ1) is 9.95. The van der Waals surface area contributed by atoms with Crippen molar-refractivity contribution in [1.29, 1.82) is 0 Å². The number of nitrogens with zero attached hydrogens (tertiary/aromatic N) is 2. The second-order valence-electron chi connectivity index (χ2n) is 6.03. The van der Waals surface area contributed by atoms with Gasteiger partial charge in [-0.1, -0.05) is 13.8 Å². The van der Waals surface area contributed by atoms with Crippen molar-refractivity contribution in [3.8, 4) is 0 Å². The van der Waals surface area contributed by atoms with Gasteiger partial charge in [-0.2, -0.15) is 0 Å². The molecule has 0 aliphatic heterocycles. The largest absolute Gasteiger partial charge is 0.371 e. The lowest BCUT2D eigenvalue weighted by Crippen LogP contribution is -2.21. The molecule has 0 fully saturated rings. The molecule has 120 valence electrons. The number of hydrogen-bond acceptors (Lipinski definition) is 4. The minimum absolute atomic E-state index is 0.0332. The van der Waals surface area contributed by atoms with Gasteiger partial charge >= 0.3 is 0 Å². The monoisotopic (exact) mass is 293 g/mol. The van der Waals surface area contributed by atoms with Gasteiger partial charge < -0.3 is 10.1 Å². The fourth-order valence-corrected chi connectivity index (χ4v) is 2.41. The highest BCUT2D eigenvalue weighted by atomic mass is 16.5. The minimum Gasteiger partial charge on any atom is -0.371 e. The standard InChI is InChI=1S/C17H31N3O/c1-7-21-15(6)17-19-13(4)16(14(5)20-17)9-8-10-18-11-12(2)3/h12,15,18H,7-11H2,1-6H3. The number of ether oxygens (including phenoxy) is 1. The number of nitrogens with one attached hydrogen (secondary N) is 1. The van der Waals surface area contributed by atoms with Crippen LogP contribution in [0.5, 0.6) is 0 Å². The molecule has 1 atom stereocenters. The zero-order valence-corrected chi connectivity index (χ0v) is 14.5. The molecule has 0 bridgehead atoms. The summed E-state index contributed by atoms with van der Waals surface area (Å²) in [6.45, 7) is 15.4. The van der Waals surface area contributed by atoms with Gasteiger partial charge in [-0.25, -0.2) is 9.97 Å². The van der Waals surface area contributed by atoms with Gasteiger partial charge in [0.25, 0.3) is 0 Å². The van der Waals surface area contributed by atoms with Crippen LogP contribution in [0.1, 0.15) is 63.0 Å². The molecular weight excluding hydrogens is 262 g/mol. The van der Waals surface area contributed by atoms with Gasteiger partial charge in [0.15, 0.2) is 5.82 Å². The second-order valence-corrected chi connectivity index (χ2v) is 6.03. The van der Waals surface area contributed by atoms with E-state index < -0.39 is 0 Å². The molecule has 0 spiro atoms. The fourth-order valence-electron chi connectivity index (χ4n) is 2.41. The van der Waals surface area contributed by atoms with Crippen molar-refractivity contribution >= 4 is 0 Å². The minimum atomic E-state index is -0.0332. The zero-order chi connectivity index (χ0) is 15.8. The molecule has 1 unspecified atom stereocenters. The summed E-state index contributed by atoms with van der Waals surface area (Å²) < 4.78 is 5.58. The van der Waals surface area contributed by atoms with Crippen LogP contribution in [-0.4, -0.2) is 29.7 Å². The lowest BCUT2D eigenvalue weighted by molar-refractivity contribution is 0.0697. The quantitative estimate of drug-likeness (QED) is 0.709. The summed E-state index contributed by atoms with van der Waals surface area (Å²) in [7, 11) is 0. The molecule has 4 heteroatoms. The Kier molecular flexibility index (Phi) is 7.83. The first-order valence-electron chi connectivity index (χ1n) is 8.12. The topological polar surface area (TPSA) is 47.0 Å². The van der Waals surface area contributed by atoms with Gasteiger partial charge in [-0.15, -0.1) is 0 Å². The van der Waals surface area contributed by atoms with E-state index in [1.165, 1.54) is 5.56 Å². The van der Waals surface area contributed by atoms with Gasteiger partial charge in [-0.3, -0.25) is 0 Å². The van der Waals surface area contributed by atoms with Crippen LogP contribution in [0.4, 0.5) is 0 Å². The number of aryl methyl sites for hydroxylation is 2. The number of hydrogen-bond donors (Lipinski definition) is 1. The van der Waals surface area contributed by atoms with Gasteiger partial charge in [0.2, 0.25) is 0 Å². The third kappa shape index (κ3) is 6.10. The van der Waals surface area contributed by atoms with E-state index in [-0.39, 0.29) is 6.10 Å². The summed E-state index contributed by atoms with van der Waals surface area (Å²) in [5, 5.41) is 3.48. The molecule has 1 heterocycles. The molecule has 1 N–H and O–H groups in total. The zero-order valence-electron chi connectivity index (χ0n) is 14.5. The van der Waals surface area contributed by atoms with E-state index in [1.54, 1.807) is 0 Å². The Balaban J connectivity index is 2.59. The normalized spacial score (nSPS) is 12.9. The van der Waals surface area contributed by atoms with Crippen LogP contribution in [0.15, 0.2) is 0 Å². The molecule has 0 aliphatic rings. The maximum atomic E-state index is 5.58. The fraction of sp³-hybridized carbons (Fsp3) is 0.765. The predicted octanol–water partition coefficient (Wildman–Crippen LogP) is 3.37. The van der Waals surface area contributed by atoms with Crippen LogP contribution >= 0.6 is 0 Å². The van der Waals surface area contributed by atoms with E-state index in [2.05, 4.69) is 43.0 Å². The van der Waals surface area contributed by atoms with Crippen molar-refractivity contribution in [2.75, 3.05) is 19.7 Å². The van der Waals surface area contributed by atoms with Crippen LogP contribution in [0.25, 0.3) is 0 Å². The summed E-state index contributed by atoms with van der Waals surface area (Å²) in [6.07, 6.45) is 2.12. The highest BCUT2D eigenvalue weighted by Gasteiger charge is 2.13. The molecular formula is C17H31N3O. The second kappa shape index (κ2) is 9.11. The summed E-state index contributed by atoms with van der Waals surface area (Å²) in [5.41, 5.74) is 3.47. The van der Waals surface area contributed by atoms with E-state index in [4.69, 9.17) is 4.74 Å². The van der Waals surface area contributed by atoms with Crippen LogP contribution in [0.3, 0.4) is 0 Å². The summed E-state index contributed by atoms with van der Waals surface area (Å²) in [6, 6.07) is 0. The van der Waals surface area contributed by atoms with Crippen LogP contribution in [0, 0.1) is 19.8 Å². The van der Waals surface area contributed by atoms with Crippen LogP contribution < -0.4 is 5.32 Å². The Morgan fingerprint density at radius 2 is 1.71 bits per heavy atom. The number of aromatic nitrogens is 2. The molecule has 0 aliphatic carbocycles. The molecule has 4 nitrogen and oxygen atoms in total. The van der Waals surface area contributed by atoms with E-state index in [0.717, 1.165) is 43.1 Å². The molecule has 0 saturated heterocycles. The van der Waals surface area contributed by atoms with Crippen molar-refractivity contribution in [2.24, 2.45) is 5.92 Å². The molecule has 1 aromatic rings. The first kappa shape index (κ1) is 18.1. The Morgan fingerprint density at radius 1 is 1.10 bits per heavy atom. The maximum absolute atomic E-state index is 5.58. The lowest BCUT2D eigenvalue weighted by atomic mass is 10.1. The lowest BCUT2D eigenvalue weighted by Gasteiger charge is -2.15. The van der Waals surface area contributed by atoms with Gasteiger partial charge in [0, 0.05) is 18.0 Å². The van der Waals surface area contributed by atoms with E-state index >= 15 is 0 Å². The third-order valence-corrected chi connectivity index (χ3v) is 3.55. The van der Waals surface area contributed by atoms with Crippen molar-refractivity contribution in [2.45, 2.75) is 60.5 Å². The molecule has 0 radical (unpaired) electrons. The van der Waals surface area contributed by atoms with Crippen LogP contribution in [0.2, 0.25) is 0 Å². The maximum Gasteiger partial charge on any atom is 0.157 e. The van der Waals surface area contributed by atoms with Crippen molar-refractivity contribution in [3.63, 3.8) is 0 Å². The van der Waals surface area contributed by atoms with Crippen molar-refractivity contribution in [1.82, 2.24) is 15.3 Å². The average molecular weight is 293 g/mol. The number of rotatable bonds is 9. The van der Waals surface area contributed by atoms with E-state index in [0.29, 0.717) is 12.5 Å². The summed E-state index contributed by atoms with van der Waals surface area (Å²) in [4.78, 5) is 9.25. The predicted molar refractivity (Wildman–Crippen MR) is 87.6 cm³/mol.